The highest BCUT2D eigenvalue weighted by molar-refractivity contribution is 5.84. The molecule has 3 heterocycles. The van der Waals surface area contributed by atoms with Crippen LogP contribution < -0.4 is 0 Å². The first-order valence-corrected chi connectivity index (χ1v) is 18.8. The van der Waals surface area contributed by atoms with E-state index in [9.17, 15) is 4.79 Å². The second-order valence-electron chi connectivity index (χ2n) is 18.7. The molecule has 3 atom stereocenters. The fourth-order valence-electron chi connectivity index (χ4n) is 11.6. The Labute approximate surface area is 284 Å². The van der Waals surface area contributed by atoms with Crippen molar-refractivity contribution in [2.45, 2.75) is 136 Å². The molecule has 1 aromatic heterocycles. The predicted molar refractivity (Wildman–Crippen MR) is 187 cm³/mol. The Bertz CT molecular complexity index is 1460. The summed E-state index contributed by atoms with van der Waals surface area (Å²) in [6, 6.07) is 7.17. The van der Waals surface area contributed by atoms with Crippen LogP contribution in [-0.2, 0) is 27.9 Å². The van der Waals surface area contributed by atoms with Crippen LogP contribution in [-0.4, -0.2) is 74.6 Å². The monoisotopic (exact) mass is 643 g/mol. The Morgan fingerprint density at radius 2 is 1.68 bits per heavy atom. The number of aryl methyl sites for hydroxylation is 2. The van der Waals surface area contributed by atoms with Gasteiger partial charge in [-0.1, -0.05) is 37.3 Å². The second kappa shape index (κ2) is 11.7. The standard InChI is InChI=1S/C40H61N5O2/c1-28(2)38(27-45-22-34(41-42-45)12-15-43-24-36(5,6)47-37(7,8)25-43)13-9-14-44(26-38)35(46)40-20-31-17-32(21-40)19-39(18-31,23-40)33-11-10-29(3)30(4)16-33/h10-11,16,22,28,31-32H,9,12-15,17-21,23-27H2,1-8H3. The third-order valence-corrected chi connectivity index (χ3v) is 13.3. The van der Waals surface area contributed by atoms with Crippen molar-refractivity contribution in [2.24, 2.45) is 28.6 Å². The van der Waals surface area contributed by atoms with E-state index in [-0.39, 0.29) is 27.4 Å². The summed E-state index contributed by atoms with van der Waals surface area (Å²) in [5.74, 6) is 2.29. The molecule has 4 bridgehead atoms. The predicted octanol–water partition coefficient (Wildman–Crippen LogP) is 7.13. The number of amides is 1. The summed E-state index contributed by atoms with van der Waals surface area (Å²) in [5.41, 5.74) is 5.01. The molecule has 6 aliphatic rings. The minimum Gasteiger partial charge on any atom is -0.367 e. The number of morpholine rings is 1. The number of ether oxygens (including phenoxy) is 1. The minimum absolute atomic E-state index is 0.00515. The Hall–Kier alpha value is -2.25. The first-order chi connectivity index (χ1) is 22.1. The van der Waals surface area contributed by atoms with Crippen molar-refractivity contribution < 1.29 is 9.53 Å². The largest absolute Gasteiger partial charge is 0.367 e. The Balaban J connectivity index is 1.05. The van der Waals surface area contributed by atoms with Gasteiger partial charge in [0.05, 0.1) is 28.9 Å². The molecule has 2 aromatic rings. The summed E-state index contributed by atoms with van der Waals surface area (Å²) < 4.78 is 8.38. The zero-order chi connectivity index (χ0) is 33.4. The third-order valence-electron chi connectivity index (χ3n) is 13.3. The smallest absolute Gasteiger partial charge is 0.228 e. The maximum Gasteiger partial charge on any atom is 0.228 e. The van der Waals surface area contributed by atoms with Gasteiger partial charge in [-0.3, -0.25) is 14.4 Å². The van der Waals surface area contributed by atoms with E-state index in [0.717, 1.165) is 83.5 Å². The van der Waals surface area contributed by atoms with Crippen molar-refractivity contribution in [1.29, 1.82) is 0 Å². The van der Waals surface area contributed by atoms with E-state index in [0.29, 0.717) is 23.7 Å². The number of carbonyl (C=O) groups excluding carboxylic acids is 1. The average molecular weight is 644 g/mol. The molecule has 2 aliphatic heterocycles. The van der Waals surface area contributed by atoms with Crippen molar-refractivity contribution in [1.82, 2.24) is 24.8 Å². The number of hydrogen-bond donors (Lipinski definition) is 0. The summed E-state index contributed by atoms with van der Waals surface area (Å²) in [6.45, 7) is 23.3. The SMILES string of the molecule is Cc1ccc(C23CC4CC(CC(C(=O)N5CCCC(Cn6cc(CCN7CC(C)(C)OC(C)(C)C7)nn6)(C(C)C)C5)(C4)C2)C3)cc1C. The normalized spacial score (nSPS) is 34.7. The second-order valence-corrected chi connectivity index (χ2v) is 18.7. The quantitative estimate of drug-likeness (QED) is 0.306. The summed E-state index contributed by atoms with van der Waals surface area (Å²) in [7, 11) is 0. The van der Waals surface area contributed by atoms with Crippen molar-refractivity contribution in [2.75, 3.05) is 32.7 Å². The van der Waals surface area contributed by atoms with Gasteiger partial charge in [-0.05, 0) is 133 Å². The minimum atomic E-state index is -0.189. The Morgan fingerprint density at radius 3 is 2.34 bits per heavy atom. The highest BCUT2D eigenvalue weighted by Gasteiger charge is 2.62. The number of rotatable bonds is 8. The molecule has 4 aliphatic carbocycles. The van der Waals surface area contributed by atoms with Crippen LogP contribution in [0.15, 0.2) is 24.4 Å². The maximum absolute atomic E-state index is 14.9. The molecule has 2 saturated heterocycles. The number of aromatic nitrogens is 3. The molecule has 7 nitrogen and oxygen atoms in total. The van der Waals surface area contributed by atoms with Gasteiger partial charge in [0.25, 0.3) is 0 Å². The average Bonchev–Trinajstić information content (AvgIpc) is 3.41. The van der Waals surface area contributed by atoms with Crippen LogP contribution in [0.25, 0.3) is 0 Å². The molecule has 3 unspecified atom stereocenters. The van der Waals surface area contributed by atoms with Gasteiger partial charge >= 0.3 is 0 Å². The van der Waals surface area contributed by atoms with E-state index in [4.69, 9.17) is 4.74 Å². The first kappa shape index (κ1) is 33.3. The highest BCUT2D eigenvalue weighted by atomic mass is 16.5. The van der Waals surface area contributed by atoms with Crippen LogP contribution >= 0.6 is 0 Å². The summed E-state index contributed by atoms with van der Waals surface area (Å²) in [5, 5.41) is 9.29. The van der Waals surface area contributed by atoms with Gasteiger partial charge in [0, 0.05) is 50.8 Å². The van der Waals surface area contributed by atoms with Crippen molar-refractivity contribution in [3.05, 3.63) is 46.8 Å². The van der Waals surface area contributed by atoms with Crippen molar-refractivity contribution >= 4 is 5.91 Å². The van der Waals surface area contributed by atoms with Gasteiger partial charge in [-0.2, -0.15) is 0 Å². The van der Waals surface area contributed by atoms with Gasteiger partial charge in [-0.15, -0.1) is 5.10 Å². The summed E-state index contributed by atoms with van der Waals surface area (Å²) in [4.78, 5) is 19.8. The van der Waals surface area contributed by atoms with Gasteiger partial charge in [0.2, 0.25) is 5.91 Å². The molecular formula is C40H61N5O2. The molecule has 0 radical (unpaired) electrons. The molecule has 258 valence electrons. The Morgan fingerprint density at radius 1 is 0.979 bits per heavy atom. The van der Waals surface area contributed by atoms with E-state index in [2.05, 4.69) is 105 Å². The molecule has 8 rings (SSSR count). The first-order valence-electron chi connectivity index (χ1n) is 18.8. The van der Waals surface area contributed by atoms with Crippen LogP contribution in [0.1, 0.15) is 115 Å². The molecule has 6 fully saturated rings. The van der Waals surface area contributed by atoms with Gasteiger partial charge < -0.3 is 9.64 Å². The van der Waals surface area contributed by atoms with Gasteiger partial charge in [-0.25, -0.2) is 0 Å². The fraction of sp³-hybridized carbons (Fsp3) is 0.775. The number of nitrogens with zero attached hydrogens (tertiary/aromatic N) is 5. The van der Waals surface area contributed by atoms with Crippen LogP contribution in [0.4, 0.5) is 0 Å². The number of likely N-dealkylation sites (tertiary alicyclic amines) is 1. The lowest BCUT2D eigenvalue weighted by Gasteiger charge is -2.62. The van der Waals surface area contributed by atoms with Crippen molar-refractivity contribution in [3.63, 3.8) is 0 Å². The lowest BCUT2D eigenvalue weighted by Crippen LogP contribution is -2.61. The van der Waals surface area contributed by atoms with E-state index in [1.807, 2.05) is 0 Å². The summed E-state index contributed by atoms with van der Waals surface area (Å²) >= 11 is 0. The number of hydrogen-bond acceptors (Lipinski definition) is 5. The molecule has 1 amide bonds. The zero-order valence-electron chi connectivity index (χ0n) is 30.7. The van der Waals surface area contributed by atoms with Crippen molar-refractivity contribution in [3.8, 4) is 0 Å². The van der Waals surface area contributed by atoms with Crippen LogP contribution in [0.2, 0.25) is 0 Å². The zero-order valence-corrected chi connectivity index (χ0v) is 30.7. The topological polar surface area (TPSA) is 63.5 Å². The molecule has 7 heteroatoms. The number of piperidine rings is 1. The van der Waals surface area contributed by atoms with Crippen LogP contribution in [0.5, 0.6) is 0 Å². The van der Waals surface area contributed by atoms with E-state index in [1.54, 1.807) is 0 Å². The molecular weight excluding hydrogens is 582 g/mol. The molecule has 0 N–H and O–H groups in total. The van der Waals surface area contributed by atoms with Gasteiger partial charge in [0.1, 0.15) is 0 Å². The van der Waals surface area contributed by atoms with Crippen LogP contribution in [0.3, 0.4) is 0 Å². The lowest BCUT2D eigenvalue weighted by molar-refractivity contribution is -0.180. The van der Waals surface area contributed by atoms with E-state index < -0.39 is 0 Å². The molecule has 0 spiro atoms. The van der Waals surface area contributed by atoms with E-state index in [1.165, 1.54) is 36.0 Å². The van der Waals surface area contributed by atoms with E-state index >= 15 is 0 Å². The molecule has 47 heavy (non-hydrogen) atoms. The third kappa shape index (κ3) is 6.33. The number of carbonyl (C=O) groups is 1. The Kier molecular flexibility index (Phi) is 8.26. The highest BCUT2D eigenvalue weighted by Crippen LogP contribution is 2.66. The summed E-state index contributed by atoms with van der Waals surface area (Å²) in [6.07, 6.45) is 12.4. The fourth-order valence-corrected chi connectivity index (χ4v) is 11.6. The van der Waals surface area contributed by atoms with Crippen LogP contribution in [0, 0.1) is 42.4 Å². The number of benzene rings is 1. The van der Waals surface area contributed by atoms with Gasteiger partial charge in [0.15, 0.2) is 0 Å². The molecule has 4 saturated carbocycles. The molecule has 1 aromatic carbocycles. The lowest BCUT2D eigenvalue weighted by atomic mass is 9.42. The maximum atomic E-state index is 14.9.